The van der Waals surface area contributed by atoms with Crippen molar-refractivity contribution in [1.82, 2.24) is 15.5 Å². The van der Waals surface area contributed by atoms with Crippen molar-refractivity contribution in [2.24, 2.45) is 0 Å². The van der Waals surface area contributed by atoms with Gasteiger partial charge in [0.15, 0.2) is 9.84 Å². The molecule has 7 heteroatoms. The van der Waals surface area contributed by atoms with Gasteiger partial charge in [-0.05, 0) is 37.0 Å². The van der Waals surface area contributed by atoms with Crippen LogP contribution in [0.5, 0.6) is 0 Å². The summed E-state index contributed by atoms with van der Waals surface area (Å²) in [6.45, 7) is 3.85. The minimum absolute atomic E-state index is 0.194. The predicted octanol–water partition coefficient (Wildman–Crippen LogP) is 0.903. The minimum Gasteiger partial charge on any atom is -0.377 e. The number of ether oxygens (including phenoxy) is 1. The van der Waals surface area contributed by atoms with Gasteiger partial charge in [0.2, 0.25) is 0 Å². The smallest absolute Gasteiger partial charge is 0.175 e. The molecule has 3 aliphatic heterocycles. The van der Waals surface area contributed by atoms with E-state index in [0.717, 1.165) is 44.6 Å². The van der Waals surface area contributed by atoms with Crippen molar-refractivity contribution < 1.29 is 13.2 Å². The van der Waals surface area contributed by atoms with E-state index in [1.54, 1.807) is 12.1 Å². The molecule has 138 valence electrons. The van der Waals surface area contributed by atoms with Gasteiger partial charge in [-0.1, -0.05) is 12.1 Å². The molecule has 0 amide bonds. The first-order valence-electron chi connectivity index (χ1n) is 9.16. The van der Waals surface area contributed by atoms with Crippen LogP contribution in [0.2, 0.25) is 0 Å². The molecule has 3 heterocycles. The molecular weight excluding hydrogens is 338 g/mol. The van der Waals surface area contributed by atoms with Crippen LogP contribution in [0, 0.1) is 0 Å². The van der Waals surface area contributed by atoms with Crippen LogP contribution in [0.15, 0.2) is 29.2 Å². The number of piperazine rings is 1. The molecule has 0 radical (unpaired) electrons. The van der Waals surface area contributed by atoms with Gasteiger partial charge in [-0.2, -0.15) is 0 Å². The van der Waals surface area contributed by atoms with Gasteiger partial charge in [-0.25, -0.2) is 8.42 Å². The maximum absolute atomic E-state index is 11.6. The van der Waals surface area contributed by atoms with Crippen LogP contribution in [0.1, 0.15) is 30.9 Å². The van der Waals surface area contributed by atoms with Crippen molar-refractivity contribution in [3.05, 3.63) is 29.8 Å². The lowest BCUT2D eigenvalue weighted by atomic mass is 10.0. The van der Waals surface area contributed by atoms with E-state index >= 15 is 0 Å². The number of fused-ring (bicyclic) bond motifs is 1. The SMILES string of the molecule is CS(=O)(=O)c1ccc(C2CNC3CCN(CC4CCCO4)C3N2)cc1. The second-order valence-electron chi connectivity index (χ2n) is 7.44. The second kappa shape index (κ2) is 6.96. The van der Waals surface area contributed by atoms with Crippen LogP contribution in [0.25, 0.3) is 0 Å². The summed E-state index contributed by atoms with van der Waals surface area (Å²) in [5.41, 5.74) is 1.13. The molecule has 3 fully saturated rings. The molecule has 2 N–H and O–H groups in total. The van der Waals surface area contributed by atoms with Crippen LogP contribution in [-0.4, -0.2) is 64.1 Å². The molecule has 0 aliphatic carbocycles. The van der Waals surface area contributed by atoms with E-state index in [1.807, 2.05) is 12.1 Å². The molecule has 25 heavy (non-hydrogen) atoms. The van der Waals surface area contributed by atoms with Crippen LogP contribution in [0.4, 0.5) is 0 Å². The Labute approximate surface area is 149 Å². The largest absolute Gasteiger partial charge is 0.377 e. The lowest BCUT2D eigenvalue weighted by Crippen LogP contribution is -2.60. The fourth-order valence-electron chi connectivity index (χ4n) is 4.24. The maximum atomic E-state index is 11.6. The number of sulfone groups is 1. The van der Waals surface area contributed by atoms with Crippen molar-refractivity contribution in [3.8, 4) is 0 Å². The zero-order valence-electron chi connectivity index (χ0n) is 14.6. The molecule has 0 aromatic heterocycles. The Hall–Kier alpha value is -0.990. The van der Waals surface area contributed by atoms with Gasteiger partial charge in [-0.3, -0.25) is 10.2 Å². The fourth-order valence-corrected chi connectivity index (χ4v) is 4.87. The average molecular weight is 365 g/mol. The lowest BCUT2D eigenvalue weighted by Gasteiger charge is -2.39. The van der Waals surface area contributed by atoms with Crippen molar-refractivity contribution in [2.75, 3.05) is 32.5 Å². The average Bonchev–Trinajstić information content (AvgIpc) is 3.24. The van der Waals surface area contributed by atoms with E-state index in [-0.39, 0.29) is 6.04 Å². The summed E-state index contributed by atoms with van der Waals surface area (Å²) in [5.74, 6) is 0. The summed E-state index contributed by atoms with van der Waals surface area (Å²) in [7, 11) is -3.14. The molecule has 4 unspecified atom stereocenters. The van der Waals surface area contributed by atoms with Crippen molar-refractivity contribution in [1.29, 1.82) is 0 Å². The number of likely N-dealkylation sites (tertiary alicyclic amines) is 1. The van der Waals surface area contributed by atoms with Gasteiger partial charge in [0.05, 0.1) is 17.2 Å². The van der Waals surface area contributed by atoms with Gasteiger partial charge < -0.3 is 10.1 Å². The topological polar surface area (TPSA) is 70.7 Å². The molecular formula is C18H27N3O3S. The number of nitrogens with one attached hydrogen (secondary N) is 2. The van der Waals surface area contributed by atoms with E-state index in [0.29, 0.717) is 23.2 Å². The second-order valence-corrected chi connectivity index (χ2v) is 9.45. The van der Waals surface area contributed by atoms with Crippen LogP contribution in [0.3, 0.4) is 0 Å². The van der Waals surface area contributed by atoms with E-state index < -0.39 is 9.84 Å². The minimum atomic E-state index is -3.14. The molecule has 1 aromatic carbocycles. The number of nitrogens with zero attached hydrogens (tertiary/aromatic N) is 1. The first-order valence-corrected chi connectivity index (χ1v) is 11.0. The monoisotopic (exact) mass is 365 g/mol. The number of hydrogen-bond acceptors (Lipinski definition) is 6. The van der Waals surface area contributed by atoms with Gasteiger partial charge in [-0.15, -0.1) is 0 Å². The fraction of sp³-hybridized carbons (Fsp3) is 0.667. The molecule has 4 rings (SSSR count). The quantitative estimate of drug-likeness (QED) is 0.826. The van der Waals surface area contributed by atoms with Gasteiger partial charge in [0.25, 0.3) is 0 Å². The third kappa shape index (κ3) is 3.75. The van der Waals surface area contributed by atoms with E-state index in [2.05, 4.69) is 15.5 Å². The van der Waals surface area contributed by atoms with Gasteiger partial charge >= 0.3 is 0 Å². The number of hydrogen-bond donors (Lipinski definition) is 2. The Morgan fingerprint density at radius 2 is 2.04 bits per heavy atom. The molecule has 4 atom stereocenters. The molecule has 0 saturated carbocycles. The molecule has 3 aliphatic rings. The molecule has 6 nitrogen and oxygen atoms in total. The maximum Gasteiger partial charge on any atom is 0.175 e. The highest BCUT2D eigenvalue weighted by atomic mass is 32.2. The summed E-state index contributed by atoms with van der Waals surface area (Å²) in [6.07, 6.45) is 5.43. The molecule has 0 spiro atoms. The highest BCUT2D eigenvalue weighted by Crippen LogP contribution is 2.27. The van der Waals surface area contributed by atoms with Crippen LogP contribution in [-0.2, 0) is 14.6 Å². The van der Waals surface area contributed by atoms with Crippen molar-refractivity contribution in [3.63, 3.8) is 0 Å². The number of rotatable bonds is 4. The van der Waals surface area contributed by atoms with Crippen LogP contribution >= 0.6 is 0 Å². The standard InChI is InChI=1S/C18H27N3O3S/c1-25(22,23)15-6-4-13(5-7-15)17-11-19-16-8-9-21(18(16)20-17)12-14-3-2-10-24-14/h4-7,14,16-20H,2-3,8-12H2,1H3. The summed E-state index contributed by atoms with van der Waals surface area (Å²) < 4.78 is 29.1. The predicted molar refractivity (Wildman–Crippen MR) is 96.2 cm³/mol. The highest BCUT2D eigenvalue weighted by molar-refractivity contribution is 7.90. The molecule has 1 aromatic rings. The van der Waals surface area contributed by atoms with E-state index in [4.69, 9.17) is 4.74 Å². The summed E-state index contributed by atoms with van der Waals surface area (Å²) >= 11 is 0. The highest BCUT2D eigenvalue weighted by Gasteiger charge is 2.39. The summed E-state index contributed by atoms with van der Waals surface area (Å²) in [4.78, 5) is 2.88. The Balaban J connectivity index is 1.44. The first kappa shape index (κ1) is 17.4. The lowest BCUT2D eigenvalue weighted by molar-refractivity contribution is 0.0535. The molecule has 0 bridgehead atoms. The number of benzene rings is 1. The van der Waals surface area contributed by atoms with E-state index in [1.165, 1.54) is 12.7 Å². The molecule has 3 saturated heterocycles. The summed E-state index contributed by atoms with van der Waals surface area (Å²) in [5, 5.41) is 7.44. The Morgan fingerprint density at radius 3 is 2.72 bits per heavy atom. The van der Waals surface area contributed by atoms with Crippen molar-refractivity contribution in [2.45, 2.75) is 48.5 Å². The Kier molecular flexibility index (Phi) is 4.85. The van der Waals surface area contributed by atoms with Crippen LogP contribution < -0.4 is 10.6 Å². The normalized spacial score (nSPS) is 33.5. The summed E-state index contributed by atoms with van der Waals surface area (Å²) in [6, 6.07) is 7.94. The van der Waals surface area contributed by atoms with Crippen molar-refractivity contribution >= 4 is 9.84 Å². The zero-order valence-corrected chi connectivity index (χ0v) is 15.5. The first-order chi connectivity index (χ1) is 12.0. The third-order valence-electron chi connectivity index (χ3n) is 5.63. The Bertz CT molecular complexity index is 701. The Morgan fingerprint density at radius 1 is 1.24 bits per heavy atom. The van der Waals surface area contributed by atoms with Gasteiger partial charge in [0.1, 0.15) is 0 Å². The zero-order chi connectivity index (χ0) is 17.4. The van der Waals surface area contributed by atoms with E-state index in [9.17, 15) is 8.42 Å². The van der Waals surface area contributed by atoms with Gasteiger partial charge in [0, 0.05) is 44.6 Å². The third-order valence-corrected chi connectivity index (χ3v) is 6.76.